The lowest BCUT2D eigenvalue weighted by atomic mass is 9.99. The first kappa shape index (κ1) is 20.7. The van der Waals surface area contributed by atoms with Gasteiger partial charge < -0.3 is 5.32 Å². The molecule has 2 aliphatic rings. The van der Waals surface area contributed by atoms with Crippen LogP contribution >= 0.6 is 12.4 Å². The highest BCUT2D eigenvalue weighted by atomic mass is 35.5. The van der Waals surface area contributed by atoms with Crippen LogP contribution in [0.1, 0.15) is 57.4 Å². The van der Waals surface area contributed by atoms with Crippen molar-refractivity contribution in [3.05, 3.63) is 29.8 Å². The fourth-order valence-corrected chi connectivity index (χ4v) is 4.78. The minimum absolute atomic E-state index is 0. The topological polar surface area (TPSA) is 49.4 Å². The first-order valence-corrected chi connectivity index (χ1v) is 10.8. The molecular weight excluding hydrogens is 356 g/mol. The summed E-state index contributed by atoms with van der Waals surface area (Å²) in [5.74, 6) is 1.34. The number of nitrogens with zero attached hydrogens (tertiary/aromatic N) is 1. The molecule has 1 aliphatic carbocycles. The van der Waals surface area contributed by atoms with Gasteiger partial charge in [0.1, 0.15) is 0 Å². The highest BCUT2D eigenvalue weighted by Crippen LogP contribution is 2.28. The third-order valence-corrected chi connectivity index (χ3v) is 7.46. The summed E-state index contributed by atoms with van der Waals surface area (Å²) in [5, 5.41) is 3.60. The van der Waals surface area contributed by atoms with E-state index in [1.165, 1.54) is 18.4 Å². The molecule has 0 amide bonds. The Kier molecular flexibility index (Phi) is 7.32. The number of benzene rings is 1. The number of hydrogen-bond donors (Lipinski definition) is 1. The highest BCUT2D eigenvalue weighted by Gasteiger charge is 2.30. The third kappa shape index (κ3) is 5.19. The van der Waals surface area contributed by atoms with Crippen molar-refractivity contribution in [3.63, 3.8) is 0 Å². The van der Waals surface area contributed by atoms with Gasteiger partial charge >= 0.3 is 0 Å². The van der Waals surface area contributed by atoms with E-state index in [1.807, 2.05) is 12.1 Å². The smallest absolute Gasteiger partial charge is 0.243 e. The van der Waals surface area contributed by atoms with E-state index in [2.05, 4.69) is 19.2 Å². The average Bonchev–Trinajstić information content (AvgIpc) is 3.44. The van der Waals surface area contributed by atoms with Gasteiger partial charge in [-0.1, -0.05) is 26.0 Å². The average molecular weight is 387 g/mol. The second-order valence-electron chi connectivity index (χ2n) is 7.41. The normalized spacial score (nSPS) is 20.9. The van der Waals surface area contributed by atoms with Crippen LogP contribution in [0.15, 0.2) is 29.2 Å². The summed E-state index contributed by atoms with van der Waals surface area (Å²) in [6.45, 7) is 6.67. The zero-order chi connectivity index (χ0) is 17.2. The van der Waals surface area contributed by atoms with E-state index in [0.29, 0.717) is 29.9 Å². The van der Waals surface area contributed by atoms with Gasteiger partial charge in [0.05, 0.1) is 4.90 Å². The van der Waals surface area contributed by atoms with Crippen LogP contribution in [-0.2, 0) is 10.0 Å². The van der Waals surface area contributed by atoms with Gasteiger partial charge in [-0.3, -0.25) is 0 Å². The van der Waals surface area contributed by atoms with Crippen LogP contribution in [-0.4, -0.2) is 38.4 Å². The molecule has 1 N–H and O–H groups in total. The number of hydrogen-bond acceptors (Lipinski definition) is 3. The highest BCUT2D eigenvalue weighted by molar-refractivity contribution is 7.89. The lowest BCUT2D eigenvalue weighted by molar-refractivity contribution is 0.288. The molecule has 1 saturated heterocycles. The second kappa shape index (κ2) is 8.85. The molecule has 1 atom stereocenters. The van der Waals surface area contributed by atoms with E-state index in [9.17, 15) is 8.42 Å². The molecule has 1 aliphatic heterocycles. The van der Waals surface area contributed by atoms with E-state index in [1.54, 1.807) is 16.4 Å². The maximum absolute atomic E-state index is 12.8. The molecule has 142 valence electrons. The molecule has 3 rings (SSSR count). The fourth-order valence-electron chi connectivity index (χ4n) is 3.31. The van der Waals surface area contributed by atoms with Crippen molar-refractivity contribution in [1.82, 2.24) is 9.62 Å². The Hall–Kier alpha value is -0.620. The zero-order valence-electron chi connectivity index (χ0n) is 15.3. The van der Waals surface area contributed by atoms with Crippen LogP contribution in [0.3, 0.4) is 0 Å². The van der Waals surface area contributed by atoms with Crippen molar-refractivity contribution in [2.24, 2.45) is 5.92 Å². The van der Waals surface area contributed by atoms with E-state index in [4.69, 9.17) is 0 Å². The summed E-state index contributed by atoms with van der Waals surface area (Å²) in [5.41, 5.74) is 1.21. The number of halogens is 1. The van der Waals surface area contributed by atoms with Gasteiger partial charge in [-0.15, -0.1) is 12.4 Å². The molecule has 0 aromatic heterocycles. The number of piperidine rings is 1. The van der Waals surface area contributed by atoms with E-state index in [0.717, 1.165) is 31.7 Å². The molecule has 1 unspecified atom stereocenters. The SMILES string of the molecule is CCC(C)c1ccc(S(=O)(=O)N2CCC(NCC3CC3)CC2)cc1.Cl. The molecule has 0 bridgehead atoms. The largest absolute Gasteiger partial charge is 0.314 e. The van der Waals surface area contributed by atoms with Gasteiger partial charge in [-0.2, -0.15) is 4.31 Å². The molecule has 4 nitrogen and oxygen atoms in total. The quantitative estimate of drug-likeness (QED) is 0.775. The van der Waals surface area contributed by atoms with E-state index >= 15 is 0 Å². The summed E-state index contributed by atoms with van der Waals surface area (Å²) >= 11 is 0. The van der Waals surface area contributed by atoms with Gasteiger partial charge in [-0.05, 0) is 68.2 Å². The van der Waals surface area contributed by atoms with Crippen molar-refractivity contribution < 1.29 is 8.42 Å². The first-order chi connectivity index (χ1) is 11.5. The number of sulfonamides is 1. The molecule has 1 aromatic carbocycles. The lowest BCUT2D eigenvalue weighted by Gasteiger charge is -2.31. The van der Waals surface area contributed by atoms with Crippen LogP contribution in [0.5, 0.6) is 0 Å². The van der Waals surface area contributed by atoms with Crippen LogP contribution in [0, 0.1) is 5.92 Å². The maximum Gasteiger partial charge on any atom is 0.243 e. The van der Waals surface area contributed by atoms with Crippen LogP contribution in [0.2, 0.25) is 0 Å². The lowest BCUT2D eigenvalue weighted by Crippen LogP contribution is -2.45. The van der Waals surface area contributed by atoms with Crippen molar-refractivity contribution in [2.75, 3.05) is 19.6 Å². The van der Waals surface area contributed by atoms with Crippen LogP contribution < -0.4 is 5.32 Å². The number of nitrogens with one attached hydrogen (secondary N) is 1. The molecule has 25 heavy (non-hydrogen) atoms. The minimum Gasteiger partial charge on any atom is -0.314 e. The summed E-state index contributed by atoms with van der Waals surface area (Å²) in [6.07, 6.45) is 5.60. The molecule has 6 heteroatoms. The van der Waals surface area contributed by atoms with E-state index < -0.39 is 10.0 Å². The van der Waals surface area contributed by atoms with Gasteiger partial charge in [0.25, 0.3) is 0 Å². The molecule has 1 heterocycles. The minimum atomic E-state index is -3.35. The summed E-state index contributed by atoms with van der Waals surface area (Å²) < 4.78 is 27.3. The summed E-state index contributed by atoms with van der Waals surface area (Å²) in [7, 11) is -3.35. The molecule has 0 radical (unpaired) electrons. The van der Waals surface area contributed by atoms with Gasteiger partial charge in [0.2, 0.25) is 10.0 Å². The van der Waals surface area contributed by atoms with Crippen LogP contribution in [0.25, 0.3) is 0 Å². The molecule has 2 fully saturated rings. The van der Waals surface area contributed by atoms with Gasteiger partial charge in [0.15, 0.2) is 0 Å². The Bertz CT molecular complexity index is 636. The third-order valence-electron chi connectivity index (χ3n) is 5.55. The predicted octanol–water partition coefficient (Wildman–Crippen LogP) is 3.77. The first-order valence-electron chi connectivity index (χ1n) is 9.34. The Morgan fingerprint density at radius 2 is 1.72 bits per heavy atom. The monoisotopic (exact) mass is 386 g/mol. The Balaban J connectivity index is 0.00000225. The molecule has 1 aromatic rings. The van der Waals surface area contributed by atoms with Crippen molar-refractivity contribution in [2.45, 2.75) is 62.8 Å². The maximum atomic E-state index is 12.8. The Labute approximate surface area is 158 Å². The summed E-state index contributed by atoms with van der Waals surface area (Å²) in [4.78, 5) is 0.430. The second-order valence-corrected chi connectivity index (χ2v) is 9.35. The van der Waals surface area contributed by atoms with Gasteiger partial charge in [-0.25, -0.2) is 8.42 Å². The molecule has 1 saturated carbocycles. The summed E-state index contributed by atoms with van der Waals surface area (Å²) in [6, 6.07) is 7.95. The number of rotatable bonds is 7. The van der Waals surface area contributed by atoms with Crippen molar-refractivity contribution >= 4 is 22.4 Å². The Morgan fingerprint density at radius 3 is 2.24 bits per heavy atom. The molecular formula is C19H31ClN2O2S. The zero-order valence-corrected chi connectivity index (χ0v) is 16.9. The predicted molar refractivity (Wildman–Crippen MR) is 105 cm³/mol. The molecule has 0 spiro atoms. The van der Waals surface area contributed by atoms with E-state index in [-0.39, 0.29) is 12.4 Å². The van der Waals surface area contributed by atoms with Crippen molar-refractivity contribution in [3.8, 4) is 0 Å². The van der Waals surface area contributed by atoms with Crippen molar-refractivity contribution in [1.29, 1.82) is 0 Å². The standard InChI is InChI=1S/C19H30N2O2S.ClH/c1-3-15(2)17-6-8-19(9-7-17)24(22,23)21-12-10-18(11-13-21)20-14-16-4-5-16;/h6-9,15-16,18,20H,3-5,10-14H2,1-2H3;1H. The Morgan fingerprint density at radius 1 is 1.12 bits per heavy atom. The fraction of sp³-hybridized carbons (Fsp3) is 0.684. The van der Waals surface area contributed by atoms with Gasteiger partial charge in [0, 0.05) is 19.1 Å². The van der Waals surface area contributed by atoms with Crippen LogP contribution in [0.4, 0.5) is 0 Å².